The smallest absolute Gasteiger partial charge is 0.330 e. The number of ether oxygens (including phenoxy) is 2. The molecule has 0 aromatic carbocycles. The molecule has 0 saturated carbocycles. The largest absolute Gasteiger partial charge is 0.466 e. The Morgan fingerprint density at radius 3 is 2.95 bits per heavy atom. The molecule has 3 atom stereocenters. The van der Waals surface area contributed by atoms with Crippen LogP contribution in [0.2, 0.25) is 0 Å². The van der Waals surface area contributed by atoms with E-state index in [4.69, 9.17) is 15.2 Å². The molecule has 1 aromatic rings. The number of nitrogens with one attached hydrogen (secondary N) is 1. The van der Waals surface area contributed by atoms with Gasteiger partial charge < -0.3 is 15.2 Å². The molecule has 2 heterocycles. The van der Waals surface area contributed by atoms with Gasteiger partial charge in [0.15, 0.2) is 0 Å². The van der Waals surface area contributed by atoms with E-state index < -0.39 is 23.6 Å². The zero-order valence-electron chi connectivity index (χ0n) is 12.0. The minimum atomic E-state index is -0.595. The average molecular weight is 297 g/mol. The van der Waals surface area contributed by atoms with Crippen LogP contribution in [0.4, 0.5) is 0 Å². The SMILES string of the molecule is CCOC(=O)C[C@H]1O[C@@H](n2cc(C)c(=O)[nH]c2=O)CC1N. The zero-order chi connectivity index (χ0) is 15.6. The molecule has 116 valence electrons. The van der Waals surface area contributed by atoms with Crippen LogP contribution in [-0.4, -0.2) is 34.3 Å². The lowest BCUT2D eigenvalue weighted by Gasteiger charge is -2.16. The predicted molar refractivity (Wildman–Crippen MR) is 73.8 cm³/mol. The van der Waals surface area contributed by atoms with Crippen molar-refractivity contribution in [2.24, 2.45) is 5.73 Å². The molecule has 21 heavy (non-hydrogen) atoms. The van der Waals surface area contributed by atoms with Crippen LogP contribution in [0.3, 0.4) is 0 Å². The lowest BCUT2D eigenvalue weighted by Crippen LogP contribution is -2.33. The third-order valence-electron chi connectivity index (χ3n) is 3.41. The standard InChI is InChI=1S/C13H19N3O5/c1-3-20-11(17)5-9-8(14)4-10(21-9)16-6-7(2)12(18)15-13(16)19/h6,8-10H,3-5,14H2,1-2H3,(H,15,18,19)/t8?,9-,10-/m1/s1. The second kappa shape index (κ2) is 6.23. The fourth-order valence-electron chi connectivity index (χ4n) is 2.31. The molecule has 1 unspecified atom stereocenters. The van der Waals surface area contributed by atoms with Crippen molar-refractivity contribution >= 4 is 5.97 Å². The van der Waals surface area contributed by atoms with Crippen LogP contribution in [0.5, 0.6) is 0 Å². The molecule has 2 rings (SSSR count). The first-order valence-electron chi connectivity index (χ1n) is 6.81. The fraction of sp³-hybridized carbons (Fsp3) is 0.615. The molecule has 0 amide bonds. The van der Waals surface area contributed by atoms with E-state index in [1.165, 1.54) is 10.8 Å². The molecule has 3 N–H and O–H groups in total. The lowest BCUT2D eigenvalue weighted by molar-refractivity contribution is -0.146. The van der Waals surface area contributed by atoms with Crippen LogP contribution >= 0.6 is 0 Å². The summed E-state index contributed by atoms with van der Waals surface area (Å²) in [6.45, 7) is 3.61. The summed E-state index contributed by atoms with van der Waals surface area (Å²) in [4.78, 5) is 36.9. The van der Waals surface area contributed by atoms with Gasteiger partial charge in [0, 0.05) is 24.2 Å². The molecule has 0 bridgehead atoms. The molecule has 1 aliphatic rings. The molecule has 1 aliphatic heterocycles. The Kier molecular flexibility index (Phi) is 4.59. The van der Waals surface area contributed by atoms with Gasteiger partial charge in [-0.2, -0.15) is 0 Å². The number of aromatic amines is 1. The minimum Gasteiger partial charge on any atom is -0.466 e. The highest BCUT2D eigenvalue weighted by Crippen LogP contribution is 2.28. The number of esters is 1. The number of carbonyl (C=O) groups excluding carboxylic acids is 1. The highest BCUT2D eigenvalue weighted by molar-refractivity contribution is 5.70. The van der Waals surface area contributed by atoms with E-state index in [0.29, 0.717) is 18.6 Å². The number of H-pyrrole nitrogens is 1. The zero-order valence-corrected chi connectivity index (χ0v) is 12.0. The van der Waals surface area contributed by atoms with Crippen LogP contribution in [0.25, 0.3) is 0 Å². The summed E-state index contributed by atoms with van der Waals surface area (Å²) < 4.78 is 11.8. The number of aromatic nitrogens is 2. The molecular formula is C13H19N3O5. The van der Waals surface area contributed by atoms with Gasteiger partial charge in [0.05, 0.1) is 19.1 Å². The van der Waals surface area contributed by atoms with E-state index in [1.54, 1.807) is 13.8 Å². The number of nitrogens with zero attached hydrogens (tertiary/aromatic N) is 1. The number of hydrogen-bond donors (Lipinski definition) is 2. The van der Waals surface area contributed by atoms with Crippen molar-refractivity contribution in [2.75, 3.05) is 6.61 Å². The first-order chi connectivity index (χ1) is 9.92. The van der Waals surface area contributed by atoms with Crippen molar-refractivity contribution in [3.63, 3.8) is 0 Å². The number of carbonyl (C=O) groups is 1. The van der Waals surface area contributed by atoms with Gasteiger partial charge in [-0.15, -0.1) is 0 Å². The third kappa shape index (κ3) is 3.40. The average Bonchev–Trinajstić information content (AvgIpc) is 2.75. The topological polar surface area (TPSA) is 116 Å². The number of hydrogen-bond acceptors (Lipinski definition) is 6. The highest BCUT2D eigenvalue weighted by atomic mass is 16.5. The van der Waals surface area contributed by atoms with Crippen molar-refractivity contribution in [2.45, 2.75) is 45.1 Å². The first-order valence-corrected chi connectivity index (χ1v) is 6.81. The summed E-state index contributed by atoms with van der Waals surface area (Å²) in [5.74, 6) is -0.386. The lowest BCUT2D eigenvalue weighted by atomic mass is 10.1. The van der Waals surface area contributed by atoms with Gasteiger partial charge >= 0.3 is 11.7 Å². The molecular weight excluding hydrogens is 278 g/mol. The maximum Gasteiger partial charge on any atom is 0.330 e. The van der Waals surface area contributed by atoms with Gasteiger partial charge in [-0.25, -0.2) is 4.79 Å². The van der Waals surface area contributed by atoms with E-state index in [2.05, 4.69) is 4.98 Å². The van der Waals surface area contributed by atoms with Crippen molar-refractivity contribution in [3.8, 4) is 0 Å². The number of rotatable bonds is 4. The second-order valence-electron chi connectivity index (χ2n) is 5.02. The van der Waals surface area contributed by atoms with Crippen molar-refractivity contribution in [1.29, 1.82) is 0 Å². The van der Waals surface area contributed by atoms with E-state index >= 15 is 0 Å². The van der Waals surface area contributed by atoms with Crippen LogP contribution in [0.15, 0.2) is 15.8 Å². The van der Waals surface area contributed by atoms with E-state index in [1.807, 2.05) is 0 Å². The monoisotopic (exact) mass is 297 g/mol. The molecule has 0 spiro atoms. The maximum atomic E-state index is 11.8. The van der Waals surface area contributed by atoms with Gasteiger partial charge in [0.1, 0.15) is 6.23 Å². The van der Waals surface area contributed by atoms with Crippen molar-refractivity contribution < 1.29 is 14.3 Å². The van der Waals surface area contributed by atoms with E-state index in [-0.39, 0.29) is 18.4 Å². The van der Waals surface area contributed by atoms with E-state index in [9.17, 15) is 14.4 Å². The molecule has 0 aliphatic carbocycles. The predicted octanol–water partition coefficient (Wildman–Crippen LogP) is -0.587. The Balaban J connectivity index is 2.14. The Hall–Kier alpha value is -1.93. The van der Waals surface area contributed by atoms with Crippen LogP contribution < -0.4 is 17.0 Å². The van der Waals surface area contributed by atoms with Crippen molar-refractivity contribution in [1.82, 2.24) is 9.55 Å². The summed E-state index contributed by atoms with van der Waals surface area (Å²) in [6.07, 6.45) is 0.763. The third-order valence-corrected chi connectivity index (χ3v) is 3.41. The summed E-state index contributed by atoms with van der Waals surface area (Å²) in [7, 11) is 0. The molecule has 1 saturated heterocycles. The highest BCUT2D eigenvalue weighted by Gasteiger charge is 2.36. The van der Waals surface area contributed by atoms with Gasteiger partial charge in [-0.05, 0) is 13.8 Å². The first kappa shape index (κ1) is 15.5. The van der Waals surface area contributed by atoms with Crippen LogP contribution in [-0.2, 0) is 14.3 Å². The van der Waals surface area contributed by atoms with Gasteiger partial charge in [-0.3, -0.25) is 19.1 Å². The Morgan fingerprint density at radius 1 is 1.57 bits per heavy atom. The van der Waals surface area contributed by atoms with Crippen LogP contribution in [0, 0.1) is 6.92 Å². The quantitative estimate of drug-likeness (QED) is 0.718. The van der Waals surface area contributed by atoms with Gasteiger partial charge in [0.2, 0.25) is 0 Å². The molecule has 8 nitrogen and oxygen atoms in total. The van der Waals surface area contributed by atoms with Gasteiger partial charge in [-0.1, -0.05) is 0 Å². The normalized spacial score (nSPS) is 25.0. The Bertz CT molecular complexity index is 635. The Labute approximate surface area is 120 Å². The number of aryl methyl sites for hydroxylation is 1. The molecule has 8 heteroatoms. The minimum absolute atomic E-state index is 0.0442. The summed E-state index contributed by atoms with van der Waals surface area (Å²) in [5.41, 5.74) is 5.37. The summed E-state index contributed by atoms with van der Waals surface area (Å²) >= 11 is 0. The Morgan fingerprint density at radius 2 is 2.29 bits per heavy atom. The number of nitrogens with two attached hydrogens (primary N) is 1. The van der Waals surface area contributed by atoms with Crippen LogP contribution in [0.1, 0.15) is 31.6 Å². The maximum absolute atomic E-state index is 11.8. The summed E-state index contributed by atoms with van der Waals surface area (Å²) in [5, 5.41) is 0. The second-order valence-corrected chi connectivity index (χ2v) is 5.02. The molecule has 1 fully saturated rings. The van der Waals surface area contributed by atoms with Gasteiger partial charge in [0.25, 0.3) is 5.56 Å². The molecule has 0 radical (unpaired) electrons. The van der Waals surface area contributed by atoms with E-state index in [0.717, 1.165) is 0 Å². The van der Waals surface area contributed by atoms with Crippen molar-refractivity contribution in [3.05, 3.63) is 32.6 Å². The molecule has 1 aromatic heterocycles. The summed E-state index contributed by atoms with van der Waals surface area (Å²) in [6, 6.07) is -0.376. The fourth-order valence-corrected chi connectivity index (χ4v) is 2.31.